The van der Waals surface area contributed by atoms with Crippen molar-refractivity contribution < 1.29 is 9.53 Å². The van der Waals surface area contributed by atoms with E-state index in [1.54, 1.807) is 18.4 Å². The molecule has 2 rings (SSSR count). The number of carbonyl (C=O) groups excluding carboxylic acids is 1. The summed E-state index contributed by atoms with van der Waals surface area (Å²) in [4.78, 5) is 19.9. The summed E-state index contributed by atoms with van der Waals surface area (Å²) < 4.78 is 5.53. The maximum Gasteiger partial charge on any atom is 0.242 e. The molecule has 1 aromatic heterocycles. The number of halogens is 1. The predicted molar refractivity (Wildman–Crippen MR) is 119 cm³/mol. The average Bonchev–Trinajstić information content (AvgIpc) is 3.10. The number of thiophene rings is 1. The molecule has 0 saturated heterocycles. The molecule has 26 heavy (non-hydrogen) atoms. The molecule has 0 aliphatic carbocycles. The van der Waals surface area contributed by atoms with Gasteiger partial charge in [0.15, 0.2) is 5.96 Å². The Morgan fingerprint density at radius 1 is 1.35 bits per heavy atom. The fourth-order valence-corrected chi connectivity index (χ4v) is 3.57. The van der Waals surface area contributed by atoms with Gasteiger partial charge in [-0.2, -0.15) is 0 Å². The minimum absolute atomic E-state index is 0. The van der Waals surface area contributed by atoms with Crippen LogP contribution in [0.1, 0.15) is 36.6 Å². The number of guanidine groups is 1. The SMILES string of the molecule is CCCCOCCCNC(=NC)NCC(=O)N1CCc2sccc2C1.I. The average molecular weight is 494 g/mol. The van der Waals surface area contributed by atoms with Gasteiger partial charge >= 0.3 is 0 Å². The van der Waals surface area contributed by atoms with Gasteiger partial charge in [0.25, 0.3) is 0 Å². The van der Waals surface area contributed by atoms with Crippen LogP contribution in [-0.4, -0.2) is 56.7 Å². The van der Waals surface area contributed by atoms with Gasteiger partial charge < -0.3 is 20.3 Å². The van der Waals surface area contributed by atoms with E-state index in [1.165, 1.54) is 10.4 Å². The standard InChI is InChI=1S/C18H30N4O2S.HI/c1-3-4-10-24-11-5-8-20-18(19-2)21-13-17(23)22-9-6-16-15(14-22)7-12-25-16;/h7,12H,3-6,8-11,13-14H2,1-2H3,(H2,19,20,21);1H. The highest BCUT2D eigenvalue weighted by molar-refractivity contribution is 14.0. The van der Waals surface area contributed by atoms with Gasteiger partial charge in [0.05, 0.1) is 6.54 Å². The molecule has 0 unspecified atom stereocenters. The van der Waals surface area contributed by atoms with Crippen molar-refractivity contribution in [3.8, 4) is 0 Å². The van der Waals surface area contributed by atoms with Crippen LogP contribution in [0.15, 0.2) is 16.4 Å². The lowest BCUT2D eigenvalue weighted by Crippen LogP contribution is -2.46. The summed E-state index contributed by atoms with van der Waals surface area (Å²) in [6.45, 7) is 6.31. The zero-order valence-corrected chi connectivity index (χ0v) is 18.9. The Hall–Kier alpha value is -0.870. The van der Waals surface area contributed by atoms with Crippen molar-refractivity contribution in [3.63, 3.8) is 0 Å². The molecule has 1 amide bonds. The largest absolute Gasteiger partial charge is 0.381 e. The van der Waals surface area contributed by atoms with Gasteiger partial charge in [-0.25, -0.2) is 0 Å². The van der Waals surface area contributed by atoms with Crippen LogP contribution in [0.4, 0.5) is 0 Å². The number of hydrogen-bond acceptors (Lipinski definition) is 4. The minimum atomic E-state index is 0. The van der Waals surface area contributed by atoms with Crippen molar-refractivity contribution in [1.82, 2.24) is 15.5 Å². The highest BCUT2D eigenvalue weighted by Crippen LogP contribution is 2.23. The van der Waals surface area contributed by atoms with Gasteiger partial charge in [0, 0.05) is 44.8 Å². The molecule has 0 spiro atoms. The van der Waals surface area contributed by atoms with E-state index in [0.29, 0.717) is 5.96 Å². The molecule has 6 nitrogen and oxygen atoms in total. The lowest BCUT2D eigenvalue weighted by molar-refractivity contribution is -0.130. The topological polar surface area (TPSA) is 66.0 Å². The number of unbranched alkanes of at least 4 members (excludes halogenated alkanes) is 1. The first-order valence-corrected chi connectivity index (χ1v) is 9.97. The van der Waals surface area contributed by atoms with Crippen LogP contribution in [0.5, 0.6) is 0 Å². The van der Waals surface area contributed by atoms with Gasteiger partial charge in [0.2, 0.25) is 5.91 Å². The number of amides is 1. The lowest BCUT2D eigenvalue weighted by Gasteiger charge is -2.27. The monoisotopic (exact) mass is 494 g/mol. The molecule has 0 atom stereocenters. The maximum atomic E-state index is 12.4. The molecule has 0 radical (unpaired) electrons. The number of carbonyl (C=O) groups is 1. The van der Waals surface area contributed by atoms with Crippen LogP contribution >= 0.6 is 35.3 Å². The first-order chi connectivity index (χ1) is 12.2. The van der Waals surface area contributed by atoms with E-state index in [-0.39, 0.29) is 36.4 Å². The molecule has 2 N–H and O–H groups in total. The molecular formula is C18H31IN4O2S. The van der Waals surface area contributed by atoms with Crippen LogP contribution in [-0.2, 0) is 22.5 Å². The molecule has 148 valence electrons. The smallest absolute Gasteiger partial charge is 0.242 e. The van der Waals surface area contributed by atoms with E-state index in [0.717, 1.165) is 58.5 Å². The molecule has 1 aromatic rings. The summed E-state index contributed by atoms with van der Waals surface area (Å²) in [6, 6.07) is 2.12. The molecule has 2 heterocycles. The molecule has 0 saturated carbocycles. The normalized spacial score (nSPS) is 13.8. The third-order valence-corrected chi connectivity index (χ3v) is 5.21. The van der Waals surface area contributed by atoms with Crippen molar-refractivity contribution in [2.75, 3.05) is 39.9 Å². The fourth-order valence-electron chi connectivity index (χ4n) is 2.68. The molecule has 1 aliphatic rings. The summed E-state index contributed by atoms with van der Waals surface area (Å²) >= 11 is 1.79. The molecule has 8 heteroatoms. The van der Waals surface area contributed by atoms with Crippen molar-refractivity contribution >= 4 is 47.2 Å². The zero-order valence-electron chi connectivity index (χ0n) is 15.8. The lowest BCUT2D eigenvalue weighted by atomic mass is 10.1. The number of rotatable bonds is 9. The Labute approximate surface area is 177 Å². The van der Waals surface area contributed by atoms with E-state index in [1.807, 2.05) is 4.90 Å². The van der Waals surface area contributed by atoms with Gasteiger partial charge in [-0.3, -0.25) is 9.79 Å². The molecule has 0 bridgehead atoms. The summed E-state index contributed by atoms with van der Waals surface area (Å²) in [7, 11) is 1.72. The number of fused-ring (bicyclic) bond motifs is 1. The summed E-state index contributed by atoms with van der Waals surface area (Å²) in [6.07, 6.45) is 4.16. The predicted octanol–water partition coefficient (Wildman–Crippen LogP) is 2.62. The van der Waals surface area contributed by atoms with Crippen LogP contribution in [0.25, 0.3) is 0 Å². The van der Waals surface area contributed by atoms with E-state index in [2.05, 4.69) is 34.0 Å². The number of aliphatic imine (C=N–C) groups is 1. The highest BCUT2D eigenvalue weighted by Gasteiger charge is 2.21. The second-order valence-corrected chi connectivity index (χ2v) is 7.11. The second kappa shape index (κ2) is 13.3. The Morgan fingerprint density at radius 2 is 2.15 bits per heavy atom. The first-order valence-electron chi connectivity index (χ1n) is 9.10. The summed E-state index contributed by atoms with van der Waals surface area (Å²) in [5.41, 5.74) is 1.29. The van der Waals surface area contributed by atoms with Gasteiger partial charge in [0.1, 0.15) is 0 Å². The summed E-state index contributed by atoms with van der Waals surface area (Å²) in [5.74, 6) is 0.776. The van der Waals surface area contributed by atoms with E-state index < -0.39 is 0 Å². The Kier molecular flexibility index (Phi) is 11.9. The van der Waals surface area contributed by atoms with Crippen molar-refractivity contribution in [2.45, 2.75) is 39.2 Å². The number of nitrogens with zero attached hydrogens (tertiary/aromatic N) is 2. The number of nitrogens with one attached hydrogen (secondary N) is 2. The third-order valence-electron chi connectivity index (χ3n) is 4.19. The third kappa shape index (κ3) is 7.79. The van der Waals surface area contributed by atoms with Crippen LogP contribution in [0, 0.1) is 0 Å². The van der Waals surface area contributed by atoms with E-state index in [9.17, 15) is 4.79 Å². The van der Waals surface area contributed by atoms with Crippen LogP contribution in [0.2, 0.25) is 0 Å². The molecule has 1 aliphatic heterocycles. The number of hydrogen-bond donors (Lipinski definition) is 2. The Balaban J connectivity index is 0.00000338. The van der Waals surface area contributed by atoms with Crippen molar-refractivity contribution in [2.24, 2.45) is 4.99 Å². The summed E-state index contributed by atoms with van der Waals surface area (Å²) in [5, 5.41) is 8.43. The van der Waals surface area contributed by atoms with E-state index in [4.69, 9.17) is 4.74 Å². The van der Waals surface area contributed by atoms with Crippen molar-refractivity contribution in [3.05, 3.63) is 21.9 Å². The molecular weight excluding hydrogens is 463 g/mol. The van der Waals surface area contributed by atoms with Crippen LogP contribution < -0.4 is 10.6 Å². The van der Waals surface area contributed by atoms with Crippen LogP contribution in [0.3, 0.4) is 0 Å². The molecule has 0 fully saturated rings. The quantitative estimate of drug-likeness (QED) is 0.240. The second-order valence-electron chi connectivity index (χ2n) is 6.11. The first kappa shape index (κ1) is 23.2. The minimum Gasteiger partial charge on any atom is -0.381 e. The highest BCUT2D eigenvalue weighted by atomic mass is 127. The molecule has 0 aromatic carbocycles. The van der Waals surface area contributed by atoms with Gasteiger partial charge in [-0.05, 0) is 36.3 Å². The fraction of sp³-hybridized carbons (Fsp3) is 0.667. The maximum absolute atomic E-state index is 12.4. The van der Waals surface area contributed by atoms with Gasteiger partial charge in [-0.15, -0.1) is 35.3 Å². The zero-order chi connectivity index (χ0) is 17.9. The number of ether oxygens (including phenoxy) is 1. The van der Waals surface area contributed by atoms with Gasteiger partial charge in [-0.1, -0.05) is 13.3 Å². The van der Waals surface area contributed by atoms with E-state index >= 15 is 0 Å². The van der Waals surface area contributed by atoms with Crippen molar-refractivity contribution in [1.29, 1.82) is 0 Å². The Morgan fingerprint density at radius 3 is 2.92 bits per heavy atom. The Bertz CT molecular complexity index is 565.